The fourth-order valence-electron chi connectivity index (χ4n) is 3.46. The molecular formula is C13H16ClN. The molecule has 1 aromatic carbocycles. The van der Waals surface area contributed by atoms with Crippen molar-refractivity contribution in [1.82, 2.24) is 4.90 Å². The van der Waals surface area contributed by atoms with Crippen LogP contribution in [0.1, 0.15) is 18.4 Å². The highest BCUT2D eigenvalue weighted by Crippen LogP contribution is 2.51. The Bertz CT molecular complexity index is 365. The van der Waals surface area contributed by atoms with Crippen LogP contribution in [0.2, 0.25) is 5.02 Å². The number of likely N-dealkylation sites (N-methyl/N-ethyl adjacent to an activating group) is 1. The zero-order valence-corrected chi connectivity index (χ0v) is 9.80. The van der Waals surface area contributed by atoms with Crippen molar-refractivity contribution in [3.8, 4) is 0 Å². The number of benzene rings is 1. The Kier molecular flexibility index (Phi) is 2.08. The van der Waals surface area contributed by atoms with E-state index in [1.54, 1.807) is 0 Å². The zero-order chi connectivity index (χ0) is 10.5. The van der Waals surface area contributed by atoms with Crippen molar-refractivity contribution < 1.29 is 0 Å². The summed E-state index contributed by atoms with van der Waals surface area (Å²) < 4.78 is 0. The van der Waals surface area contributed by atoms with Gasteiger partial charge in [0.25, 0.3) is 0 Å². The lowest BCUT2D eigenvalue weighted by Gasteiger charge is -2.56. The molecule has 0 unspecified atom stereocenters. The monoisotopic (exact) mass is 221 g/mol. The first-order chi connectivity index (χ1) is 7.18. The molecule has 2 heterocycles. The normalized spacial score (nSPS) is 34.9. The molecule has 0 amide bonds. The van der Waals surface area contributed by atoms with Crippen molar-refractivity contribution >= 4 is 11.6 Å². The standard InChI is InChI=1S/C13H16ClN/c1-15-8-10-6-13(7-10,9-15)11-2-4-12(14)5-3-11/h2-5,10H,6-9H2,1H3. The maximum absolute atomic E-state index is 5.93. The zero-order valence-electron chi connectivity index (χ0n) is 9.04. The summed E-state index contributed by atoms with van der Waals surface area (Å²) in [7, 11) is 2.23. The Labute approximate surface area is 96.0 Å². The predicted molar refractivity (Wildman–Crippen MR) is 63.4 cm³/mol. The summed E-state index contributed by atoms with van der Waals surface area (Å²) in [4.78, 5) is 2.46. The van der Waals surface area contributed by atoms with Crippen LogP contribution >= 0.6 is 11.6 Å². The van der Waals surface area contributed by atoms with E-state index in [0.29, 0.717) is 5.41 Å². The van der Waals surface area contributed by atoms with Gasteiger partial charge in [-0.1, -0.05) is 23.7 Å². The molecule has 1 nitrogen and oxygen atoms in total. The number of halogens is 1. The fraction of sp³-hybridized carbons (Fsp3) is 0.538. The van der Waals surface area contributed by atoms with Crippen molar-refractivity contribution in [3.63, 3.8) is 0 Å². The van der Waals surface area contributed by atoms with Crippen LogP contribution in [-0.4, -0.2) is 25.0 Å². The van der Waals surface area contributed by atoms with Crippen molar-refractivity contribution in [2.75, 3.05) is 20.1 Å². The van der Waals surface area contributed by atoms with Crippen molar-refractivity contribution in [2.45, 2.75) is 18.3 Å². The summed E-state index contributed by atoms with van der Waals surface area (Å²) in [5.41, 5.74) is 1.93. The molecule has 0 aromatic heterocycles. The van der Waals surface area contributed by atoms with Crippen LogP contribution in [0, 0.1) is 5.92 Å². The van der Waals surface area contributed by atoms with Crippen molar-refractivity contribution in [3.05, 3.63) is 34.9 Å². The minimum absolute atomic E-state index is 0.447. The minimum atomic E-state index is 0.447. The van der Waals surface area contributed by atoms with E-state index in [9.17, 15) is 0 Å². The third-order valence-corrected chi connectivity index (χ3v) is 4.21. The van der Waals surface area contributed by atoms with Gasteiger partial charge in [0.05, 0.1) is 0 Å². The van der Waals surface area contributed by atoms with Crippen LogP contribution < -0.4 is 0 Å². The third-order valence-electron chi connectivity index (χ3n) is 3.96. The average molecular weight is 222 g/mol. The topological polar surface area (TPSA) is 3.24 Å². The Morgan fingerprint density at radius 3 is 2.53 bits per heavy atom. The van der Waals surface area contributed by atoms with E-state index in [0.717, 1.165) is 10.9 Å². The van der Waals surface area contributed by atoms with E-state index in [1.165, 1.54) is 31.5 Å². The maximum Gasteiger partial charge on any atom is 0.0406 e. The smallest absolute Gasteiger partial charge is 0.0406 e. The summed E-state index contributed by atoms with van der Waals surface area (Å²) in [6, 6.07) is 8.45. The van der Waals surface area contributed by atoms with Crippen LogP contribution in [0.3, 0.4) is 0 Å². The van der Waals surface area contributed by atoms with Gasteiger partial charge in [-0.15, -0.1) is 0 Å². The quantitative estimate of drug-likeness (QED) is 0.705. The molecule has 2 bridgehead atoms. The second-order valence-electron chi connectivity index (χ2n) is 5.26. The van der Waals surface area contributed by atoms with E-state index < -0.39 is 0 Å². The highest BCUT2D eigenvalue weighted by molar-refractivity contribution is 6.30. The third kappa shape index (κ3) is 1.49. The first-order valence-electron chi connectivity index (χ1n) is 5.63. The second kappa shape index (κ2) is 3.23. The molecule has 2 heteroatoms. The van der Waals surface area contributed by atoms with Crippen LogP contribution in [0.5, 0.6) is 0 Å². The molecular weight excluding hydrogens is 206 g/mol. The van der Waals surface area contributed by atoms with Crippen molar-refractivity contribution in [1.29, 1.82) is 0 Å². The average Bonchev–Trinajstić information content (AvgIpc) is 2.16. The van der Waals surface area contributed by atoms with Crippen LogP contribution in [0.15, 0.2) is 24.3 Å². The van der Waals surface area contributed by atoms with Gasteiger partial charge in [0.2, 0.25) is 0 Å². The molecule has 3 fully saturated rings. The van der Waals surface area contributed by atoms with Gasteiger partial charge < -0.3 is 4.90 Å². The maximum atomic E-state index is 5.93. The van der Waals surface area contributed by atoms with Gasteiger partial charge in [-0.2, -0.15) is 0 Å². The summed E-state index contributed by atoms with van der Waals surface area (Å²) in [6.45, 7) is 2.50. The number of rotatable bonds is 1. The lowest BCUT2D eigenvalue weighted by atomic mass is 9.56. The molecule has 2 aliphatic heterocycles. The number of hydrogen-bond donors (Lipinski definition) is 0. The Balaban J connectivity index is 1.90. The van der Waals surface area contributed by atoms with E-state index in [-0.39, 0.29) is 0 Å². The molecule has 1 aliphatic carbocycles. The van der Waals surface area contributed by atoms with Crippen molar-refractivity contribution in [2.24, 2.45) is 5.92 Å². The second-order valence-corrected chi connectivity index (χ2v) is 5.69. The molecule has 0 spiro atoms. The summed E-state index contributed by atoms with van der Waals surface area (Å²) in [5.74, 6) is 0.930. The lowest BCUT2D eigenvalue weighted by molar-refractivity contribution is 0.0104. The van der Waals surface area contributed by atoms with Gasteiger partial charge in [-0.3, -0.25) is 0 Å². The highest BCUT2D eigenvalue weighted by atomic mass is 35.5. The van der Waals surface area contributed by atoms with E-state index >= 15 is 0 Å². The fourth-order valence-corrected chi connectivity index (χ4v) is 3.58. The molecule has 1 saturated carbocycles. The van der Waals surface area contributed by atoms with Gasteiger partial charge in [0.1, 0.15) is 0 Å². The van der Waals surface area contributed by atoms with Gasteiger partial charge in [-0.05, 0) is 43.5 Å². The molecule has 1 aromatic rings. The van der Waals surface area contributed by atoms with Gasteiger partial charge in [0.15, 0.2) is 0 Å². The summed E-state index contributed by atoms with van der Waals surface area (Å²) in [6.07, 6.45) is 2.75. The summed E-state index contributed by atoms with van der Waals surface area (Å²) in [5, 5.41) is 0.843. The van der Waals surface area contributed by atoms with Crippen LogP contribution in [0.25, 0.3) is 0 Å². The molecule has 4 rings (SSSR count). The number of fused-ring (bicyclic) bond motifs is 2. The number of nitrogens with zero attached hydrogens (tertiary/aromatic N) is 1. The summed E-state index contributed by atoms with van der Waals surface area (Å²) >= 11 is 5.93. The minimum Gasteiger partial charge on any atom is -0.305 e. The van der Waals surface area contributed by atoms with Gasteiger partial charge in [0, 0.05) is 23.5 Å². The molecule has 3 aliphatic rings. The Hall–Kier alpha value is -0.530. The SMILES string of the molecule is CN1CC2CC(c3ccc(Cl)cc3)(C2)C1. The molecule has 15 heavy (non-hydrogen) atoms. The van der Waals surface area contributed by atoms with Gasteiger partial charge in [-0.25, -0.2) is 0 Å². The molecule has 0 atom stereocenters. The van der Waals surface area contributed by atoms with Crippen LogP contribution in [0.4, 0.5) is 0 Å². The highest BCUT2D eigenvalue weighted by Gasteiger charge is 2.49. The number of hydrogen-bond acceptors (Lipinski definition) is 1. The molecule has 0 radical (unpaired) electrons. The Morgan fingerprint density at radius 1 is 1.27 bits per heavy atom. The lowest BCUT2D eigenvalue weighted by Crippen LogP contribution is -2.57. The van der Waals surface area contributed by atoms with E-state index in [1.807, 2.05) is 12.1 Å². The molecule has 2 saturated heterocycles. The predicted octanol–water partition coefficient (Wildman–Crippen LogP) is 2.93. The molecule has 80 valence electrons. The number of piperidine rings is 2. The first-order valence-corrected chi connectivity index (χ1v) is 6.00. The van der Waals surface area contributed by atoms with E-state index in [2.05, 4.69) is 24.1 Å². The Morgan fingerprint density at radius 2 is 1.93 bits per heavy atom. The van der Waals surface area contributed by atoms with E-state index in [4.69, 9.17) is 11.6 Å². The largest absolute Gasteiger partial charge is 0.305 e. The van der Waals surface area contributed by atoms with Gasteiger partial charge >= 0.3 is 0 Å². The van der Waals surface area contributed by atoms with Crippen LogP contribution in [-0.2, 0) is 5.41 Å². The first kappa shape index (κ1) is 9.68. The molecule has 0 N–H and O–H groups in total.